The molecule has 1 fully saturated rings. The van der Waals surface area contributed by atoms with Gasteiger partial charge in [0.1, 0.15) is 0 Å². The first-order valence-corrected chi connectivity index (χ1v) is 12.3. The normalized spacial score (nSPS) is 14.6. The van der Waals surface area contributed by atoms with E-state index in [1.165, 1.54) is 28.6 Å². The van der Waals surface area contributed by atoms with Gasteiger partial charge in [-0.15, -0.1) is 0 Å². The van der Waals surface area contributed by atoms with E-state index in [9.17, 15) is 22.8 Å². The summed E-state index contributed by atoms with van der Waals surface area (Å²) in [7, 11) is -3.61. The molecule has 0 bridgehead atoms. The minimum absolute atomic E-state index is 0.106. The lowest BCUT2D eigenvalue weighted by Crippen LogP contribution is -2.35. The zero-order valence-electron chi connectivity index (χ0n) is 19.0. The van der Waals surface area contributed by atoms with E-state index in [1.807, 2.05) is 0 Å². The van der Waals surface area contributed by atoms with Crippen LogP contribution in [0.4, 0.5) is 0 Å². The summed E-state index contributed by atoms with van der Waals surface area (Å²) in [6, 6.07) is 5.44. The van der Waals surface area contributed by atoms with Crippen LogP contribution in [-0.2, 0) is 19.5 Å². The van der Waals surface area contributed by atoms with Crippen molar-refractivity contribution in [2.24, 2.45) is 0 Å². The van der Waals surface area contributed by atoms with Gasteiger partial charge in [0.25, 0.3) is 0 Å². The van der Waals surface area contributed by atoms with E-state index in [0.29, 0.717) is 24.5 Å². The molecule has 1 aromatic heterocycles. The van der Waals surface area contributed by atoms with Crippen molar-refractivity contribution in [1.82, 2.24) is 9.29 Å². The summed E-state index contributed by atoms with van der Waals surface area (Å²) in [4.78, 5) is 40.4. The highest BCUT2D eigenvalue weighted by Gasteiger charge is 2.27. The van der Waals surface area contributed by atoms with Gasteiger partial charge >= 0.3 is 11.9 Å². The Morgan fingerprint density at radius 2 is 1.52 bits per heavy atom. The molecule has 2 heterocycles. The number of esters is 2. The summed E-state index contributed by atoms with van der Waals surface area (Å²) in [6.45, 7) is 5.53. The second-order valence-corrected chi connectivity index (χ2v) is 9.77. The number of hydrogen-bond acceptors (Lipinski definition) is 7. The first-order valence-electron chi connectivity index (χ1n) is 10.8. The van der Waals surface area contributed by atoms with Gasteiger partial charge in [-0.25, -0.2) is 18.0 Å². The number of nitrogens with one attached hydrogen (secondary N) is 1. The highest BCUT2D eigenvalue weighted by molar-refractivity contribution is 7.89. The number of nitrogens with zero attached hydrogens (tertiary/aromatic N) is 1. The molecule has 1 aliphatic rings. The fraction of sp³-hybridized carbons (Fsp3) is 0.435. The molecule has 0 unspecified atom stereocenters. The van der Waals surface area contributed by atoms with E-state index in [0.717, 1.165) is 19.3 Å². The lowest BCUT2D eigenvalue weighted by molar-refractivity contribution is 0.0472. The van der Waals surface area contributed by atoms with Crippen molar-refractivity contribution in [3.63, 3.8) is 0 Å². The largest absolute Gasteiger partial charge is 0.462 e. The van der Waals surface area contributed by atoms with Gasteiger partial charge in [0.15, 0.2) is 6.61 Å². The average molecular weight is 477 g/mol. The zero-order valence-corrected chi connectivity index (χ0v) is 19.8. The fourth-order valence-electron chi connectivity index (χ4n) is 3.89. The number of sulfonamides is 1. The summed E-state index contributed by atoms with van der Waals surface area (Å²) in [5.74, 6) is -1.94. The summed E-state index contributed by atoms with van der Waals surface area (Å²) in [5.41, 5.74) is 1.34. The number of hydrogen-bond donors (Lipinski definition) is 1. The number of piperidine rings is 1. The highest BCUT2D eigenvalue weighted by atomic mass is 32.2. The SMILES string of the molecule is CCOC(=O)c1c(C)[nH]c(C)c1C(=O)COC(=O)c1ccc(S(=O)(=O)N2CCCCC2)cc1. The van der Waals surface area contributed by atoms with E-state index < -0.39 is 34.4 Å². The first-order chi connectivity index (χ1) is 15.7. The molecule has 3 rings (SSSR count). The maximum Gasteiger partial charge on any atom is 0.340 e. The van der Waals surface area contributed by atoms with Gasteiger partial charge in [-0.1, -0.05) is 6.42 Å². The predicted octanol–water partition coefficient (Wildman–Crippen LogP) is 3.02. The fourth-order valence-corrected chi connectivity index (χ4v) is 5.41. The molecule has 0 saturated carbocycles. The van der Waals surface area contributed by atoms with Crippen molar-refractivity contribution >= 4 is 27.7 Å². The molecule has 1 saturated heterocycles. The number of aryl methyl sites for hydroxylation is 2. The van der Waals surface area contributed by atoms with E-state index in [2.05, 4.69) is 4.98 Å². The number of H-pyrrole nitrogens is 1. The standard InChI is InChI=1S/C23H28N2O7S/c1-4-31-23(28)21-16(3)24-15(2)20(21)19(26)14-32-22(27)17-8-10-18(11-9-17)33(29,30)25-12-6-5-7-13-25/h8-11,24H,4-7,12-14H2,1-3H3. The minimum Gasteiger partial charge on any atom is -0.462 e. The Hall–Kier alpha value is -2.98. The number of ketones is 1. The van der Waals surface area contributed by atoms with Crippen LogP contribution in [0.2, 0.25) is 0 Å². The van der Waals surface area contributed by atoms with Crippen LogP contribution in [0.5, 0.6) is 0 Å². The number of Topliss-reactive ketones (excluding diaryl/α,β-unsaturated/α-hetero) is 1. The molecular formula is C23H28N2O7S. The topological polar surface area (TPSA) is 123 Å². The summed E-state index contributed by atoms with van der Waals surface area (Å²) < 4.78 is 37.1. The Morgan fingerprint density at radius 3 is 2.12 bits per heavy atom. The molecule has 33 heavy (non-hydrogen) atoms. The third kappa shape index (κ3) is 5.33. The van der Waals surface area contributed by atoms with Crippen LogP contribution < -0.4 is 0 Å². The lowest BCUT2D eigenvalue weighted by atomic mass is 10.1. The summed E-state index contributed by atoms with van der Waals surface area (Å²) >= 11 is 0. The number of carbonyl (C=O) groups is 3. The molecule has 178 valence electrons. The van der Waals surface area contributed by atoms with Crippen molar-refractivity contribution in [2.45, 2.75) is 44.9 Å². The monoisotopic (exact) mass is 476 g/mol. The molecule has 0 amide bonds. The van der Waals surface area contributed by atoms with E-state index in [-0.39, 0.29) is 28.2 Å². The molecule has 0 aliphatic carbocycles. The molecule has 0 spiro atoms. The van der Waals surface area contributed by atoms with Crippen LogP contribution >= 0.6 is 0 Å². The molecule has 1 N–H and O–H groups in total. The van der Waals surface area contributed by atoms with Crippen molar-refractivity contribution in [1.29, 1.82) is 0 Å². The Balaban J connectivity index is 1.68. The van der Waals surface area contributed by atoms with Gasteiger partial charge in [-0.3, -0.25) is 4.79 Å². The third-order valence-electron chi connectivity index (χ3n) is 5.51. The molecule has 2 aromatic rings. The number of benzene rings is 1. The first kappa shape index (κ1) is 24.7. The van der Waals surface area contributed by atoms with Crippen molar-refractivity contribution in [3.8, 4) is 0 Å². The van der Waals surface area contributed by atoms with E-state index in [4.69, 9.17) is 9.47 Å². The van der Waals surface area contributed by atoms with Crippen LogP contribution in [0.15, 0.2) is 29.2 Å². The van der Waals surface area contributed by atoms with Crippen LogP contribution in [0.1, 0.15) is 68.6 Å². The van der Waals surface area contributed by atoms with Crippen LogP contribution in [0.25, 0.3) is 0 Å². The van der Waals surface area contributed by atoms with Gasteiger partial charge in [-0.2, -0.15) is 4.31 Å². The van der Waals surface area contributed by atoms with Gasteiger partial charge in [0, 0.05) is 24.5 Å². The quantitative estimate of drug-likeness (QED) is 0.459. The second-order valence-electron chi connectivity index (χ2n) is 7.83. The highest BCUT2D eigenvalue weighted by Crippen LogP contribution is 2.22. The summed E-state index contributed by atoms with van der Waals surface area (Å²) in [6.07, 6.45) is 2.67. The van der Waals surface area contributed by atoms with Crippen molar-refractivity contribution in [3.05, 3.63) is 52.3 Å². The Morgan fingerprint density at radius 1 is 0.909 bits per heavy atom. The molecule has 0 radical (unpaired) electrons. The predicted molar refractivity (Wildman–Crippen MR) is 120 cm³/mol. The average Bonchev–Trinajstić information content (AvgIpc) is 3.11. The maximum atomic E-state index is 12.7. The van der Waals surface area contributed by atoms with Gasteiger partial charge in [-0.05, 0) is 57.9 Å². The number of ether oxygens (including phenoxy) is 2. The molecular weight excluding hydrogens is 448 g/mol. The van der Waals surface area contributed by atoms with Crippen LogP contribution in [0, 0.1) is 13.8 Å². The number of carbonyl (C=O) groups excluding carboxylic acids is 3. The van der Waals surface area contributed by atoms with Crippen LogP contribution in [-0.4, -0.2) is 61.7 Å². The number of aromatic amines is 1. The molecule has 9 nitrogen and oxygen atoms in total. The van der Waals surface area contributed by atoms with Gasteiger partial charge < -0.3 is 14.5 Å². The van der Waals surface area contributed by atoms with Gasteiger partial charge in [0.2, 0.25) is 15.8 Å². The van der Waals surface area contributed by atoms with Crippen molar-refractivity contribution in [2.75, 3.05) is 26.3 Å². The van der Waals surface area contributed by atoms with Crippen molar-refractivity contribution < 1.29 is 32.3 Å². The van der Waals surface area contributed by atoms with Gasteiger partial charge in [0.05, 0.1) is 28.2 Å². The molecule has 10 heteroatoms. The Kier molecular flexibility index (Phi) is 7.70. The molecule has 0 atom stereocenters. The van der Waals surface area contributed by atoms with Crippen LogP contribution in [0.3, 0.4) is 0 Å². The summed E-state index contributed by atoms with van der Waals surface area (Å²) in [5, 5.41) is 0. The Bertz CT molecular complexity index is 1140. The maximum absolute atomic E-state index is 12.7. The molecule has 1 aliphatic heterocycles. The minimum atomic E-state index is -3.61. The van der Waals surface area contributed by atoms with E-state index in [1.54, 1.807) is 20.8 Å². The Labute approximate surface area is 193 Å². The number of rotatable bonds is 8. The molecule has 1 aromatic carbocycles. The number of aromatic nitrogens is 1. The van der Waals surface area contributed by atoms with E-state index >= 15 is 0 Å². The zero-order chi connectivity index (χ0) is 24.2. The lowest BCUT2D eigenvalue weighted by Gasteiger charge is -2.25. The smallest absolute Gasteiger partial charge is 0.340 e. The second kappa shape index (κ2) is 10.3. The third-order valence-corrected chi connectivity index (χ3v) is 7.42.